The highest BCUT2D eigenvalue weighted by molar-refractivity contribution is 7.89. The third-order valence-electron chi connectivity index (χ3n) is 2.84. The zero-order valence-electron chi connectivity index (χ0n) is 15.0. The van der Waals surface area contributed by atoms with Gasteiger partial charge in [0.1, 0.15) is 6.10 Å². The maximum atomic E-state index is 11.4. The first kappa shape index (κ1) is 21.4. The average Bonchev–Trinajstić information content (AvgIpc) is 2.53. The van der Waals surface area contributed by atoms with E-state index in [1.807, 2.05) is 30.3 Å². The van der Waals surface area contributed by atoms with Gasteiger partial charge in [-0.25, -0.2) is 0 Å². The highest BCUT2D eigenvalue weighted by Crippen LogP contribution is 2.12. The van der Waals surface area contributed by atoms with Crippen LogP contribution in [-0.2, 0) is 30.1 Å². The molecule has 0 radical (unpaired) electrons. The van der Waals surface area contributed by atoms with E-state index in [9.17, 15) is 8.42 Å². The van der Waals surface area contributed by atoms with Crippen molar-refractivity contribution >= 4 is 18.4 Å². The number of allylic oxidation sites excluding steroid dienone is 1. The Morgan fingerprint density at radius 2 is 1.88 bits per heavy atom. The fourth-order valence-corrected chi connectivity index (χ4v) is 3.06. The number of benzene rings is 1. The lowest BCUT2D eigenvalue weighted by atomic mass is 10.2. The molecule has 5 nitrogen and oxygen atoms in total. The number of rotatable bonds is 11. The molecule has 1 aromatic carbocycles. The molecule has 0 aromatic heterocycles. The first-order valence-electron chi connectivity index (χ1n) is 7.85. The van der Waals surface area contributed by atoms with Crippen molar-refractivity contribution < 1.29 is 21.8 Å². The fraction of sp³-hybridized carbons (Fsp3) is 0.333. The summed E-state index contributed by atoms with van der Waals surface area (Å²) in [6.07, 6.45) is 2.79. The van der Waals surface area contributed by atoms with Gasteiger partial charge in [0.15, 0.2) is 0 Å². The molecule has 138 valence electrons. The Morgan fingerprint density at radius 3 is 2.44 bits per heavy atom. The number of hydrogen-bond acceptors (Lipinski definition) is 5. The highest BCUT2D eigenvalue weighted by Gasteiger charge is 2.16. The molecule has 0 aliphatic rings. The number of hydrogen-bond donors (Lipinski definition) is 0. The van der Waals surface area contributed by atoms with Crippen LogP contribution in [0.1, 0.15) is 5.56 Å². The minimum atomic E-state index is -3.76. The molecule has 0 aliphatic heterocycles. The molecular formula is C18H26O5SSi. The zero-order chi connectivity index (χ0) is 18.9. The third-order valence-corrected chi connectivity index (χ3v) is 4.59. The minimum absolute atomic E-state index is 0.155. The Kier molecular flexibility index (Phi) is 8.31. The van der Waals surface area contributed by atoms with E-state index in [2.05, 4.69) is 32.8 Å². The van der Waals surface area contributed by atoms with Gasteiger partial charge in [-0.2, -0.15) is 8.42 Å². The summed E-state index contributed by atoms with van der Waals surface area (Å²) < 4.78 is 39.3. The van der Waals surface area contributed by atoms with Crippen molar-refractivity contribution in [3.8, 4) is 0 Å². The quantitative estimate of drug-likeness (QED) is 0.251. The van der Waals surface area contributed by atoms with Gasteiger partial charge in [0.05, 0.1) is 24.4 Å². The second kappa shape index (κ2) is 9.72. The van der Waals surface area contributed by atoms with Crippen LogP contribution in [0.25, 0.3) is 0 Å². The molecule has 0 saturated heterocycles. The van der Waals surface area contributed by atoms with Gasteiger partial charge in [-0.1, -0.05) is 43.5 Å². The lowest BCUT2D eigenvalue weighted by Crippen LogP contribution is -2.24. The van der Waals surface area contributed by atoms with Crippen molar-refractivity contribution in [1.82, 2.24) is 0 Å². The van der Waals surface area contributed by atoms with Crippen LogP contribution in [0, 0.1) is 0 Å². The summed E-state index contributed by atoms with van der Waals surface area (Å²) in [5, 5.41) is 0.762. The van der Waals surface area contributed by atoms with Gasteiger partial charge in [0, 0.05) is 0 Å². The second-order valence-corrected chi connectivity index (χ2v) is 12.3. The van der Waals surface area contributed by atoms with Crippen LogP contribution in [0.3, 0.4) is 0 Å². The molecule has 1 atom stereocenters. The minimum Gasteiger partial charge on any atom is -0.545 e. The molecule has 0 aliphatic carbocycles. The Balaban J connectivity index is 2.72. The summed E-state index contributed by atoms with van der Waals surface area (Å²) in [6.45, 7) is 13.4. The smallest absolute Gasteiger partial charge is 0.289 e. The van der Waals surface area contributed by atoms with E-state index in [1.54, 1.807) is 12.2 Å². The monoisotopic (exact) mass is 382 g/mol. The average molecular weight is 383 g/mol. The van der Waals surface area contributed by atoms with Crippen LogP contribution < -0.4 is 0 Å². The van der Waals surface area contributed by atoms with Gasteiger partial charge in [0.25, 0.3) is 10.1 Å². The molecule has 0 bridgehead atoms. The largest absolute Gasteiger partial charge is 0.545 e. The Bertz CT molecular complexity index is 690. The summed E-state index contributed by atoms with van der Waals surface area (Å²) >= 11 is 0. The maximum Gasteiger partial charge on any atom is 0.289 e. The topological polar surface area (TPSA) is 61.8 Å². The van der Waals surface area contributed by atoms with E-state index in [0.29, 0.717) is 12.4 Å². The van der Waals surface area contributed by atoms with Crippen LogP contribution in [0.2, 0.25) is 19.6 Å². The third kappa shape index (κ3) is 10.0. The second-order valence-electron chi connectivity index (χ2n) is 6.32. The Morgan fingerprint density at radius 1 is 1.24 bits per heavy atom. The fourth-order valence-electron chi connectivity index (χ4n) is 1.79. The molecular weight excluding hydrogens is 356 g/mol. The van der Waals surface area contributed by atoms with Crippen LogP contribution in [0.4, 0.5) is 0 Å². The normalized spacial score (nSPS) is 13.6. The van der Waals surface area contributed by atoms with Crippen molar-refractivity contribution in [2.45, 2.75) is 32.4 Å². The van der Waals surface area contributed by atoms with Gasteiger partial charge >= 0.3 is 0 Å². The SMILES string of the molecule is C=CS(=O)(=O)OC[C@H](/C=C/C(=C)O[Si](C)(C)C)OCc1ccccc1. The zero-order valence-corrected chi connectivity index (χ0v) is 16.8. The van der Waals surface area contributed by atoms with Crippen LogP contribution in [-0.4, -0.2) is 29.4 Å². The van der Waals surface area contributed by atoms with E-state index in [4.69, 9.17) is 13.3 Å². The predicted octanol–water partition coefficient (Wildman–Crippen LogP) is 3.98. The molecule has 0 N–H and O–H groups in total. The van der Waals surface area contributed by atoms with Gasteiger partial charge in [-0.15, -0.1) is 0 Å². The van der Waals surface area contributed by atoms with E-state index in [0.717, 1.165) is 11.0 Å². The maximum absolute atomic E-state index is 11.4. The highest BCUT2D eigenvalue weighted by atomic mass is 32.2. The van der Waals surface area contributed by atoms with E-state index in [-0.39, 0.29) is 6.61 Å². The van der Waals surface area contributed by atoms with E-state index in [1.165, 1.54) is 0 Å². The lowest BCUT2D eigenvalue weighted by molar-refractivity contribution is 0.0412. The molecule has 0 fully saturated rings. The molecule has 0 amide bonds. The van der Waals surface area contributed by atoms with E-state index >= 15 is 0 Å². The summed E-state index contributed by atoms with van der Waals surface area (Å²) in [7, 11) is -5.51. The van der Waals surface area contributed by atoms with Crippen LogP contribution >= 0.6 is 0 Å². The van der Waals surface area contributed by atoms with Crippen molar-refractivity contribution in [3.63, 3.8) is 0 Å². The summed E-state index contributed by atoms with van der Waals surface area (Å²) in [5.74, 6) is 0.513. The first-order chi connectivity index (χ1) is 11.6. The van der Waals surface area contributed by atoms with E-state index < -0.39 is 24.5 Å². The van der Waals surface area contributed by atoms with Crippen molar-refractivity contribution in [3.05, 3.63) is 72.4 Å². The Labute approximate surface area is 151 Å². The molecule has 1 aromatic rings. The first-order valence-corrected chi connectivity index (χ1v) is 12.7. The van der Waals surface area contributed by atoms with Crippen molar-refractivity contribution in [2.75, 3.05) is 6.61 Å². The summed E-state index contributed by atoms with van der Waals surface area (Å²) in [5.41, 5.74) is 0.977. The van der Waals surface area contributed by atoms with Gasteiger partial charge in [-0.3, -0.25) is 4.18 Å². The van der Waals surface area contributed by atoms with Crippen molar-refractivity contribution in [2.24, 2.45) is 0 Å². The molecule has 0 spiro atoms. The van der Waals surface area contributed by atoms with Crippen molar-refractivity contribution in [1.29, 1.82) is 0 Å². The standard InChI is InChI=1S/C18H26O5SSi/c1-6-24(19,20)22-15-18(13-12-16(2)23-25(3,4)5)21-14-17-10-8-7-9-11-17/h6-13,18H,1-2,14-15H2,3-5H3/b13-12+/t18-/m0/s1. The van der Waals surface area contributed by atoms with Crippen LogP contribution in [0.15, 0.2) is 66.8 Å². The number of ether oxygens (including phenoxy) is 1. The molecule has 0 unspecified atom stereocenters. The molecule has 0 saturated carbocycles. The summed E-state index contributed by atoms with van der Waals surface area (Å²) in [4.78, 5) is 0. The van der Waals surface area contributed by atoms with Gasteiger partial charge < -0.3 is 9.16 Å². The molecule has 1 rings (SSSR count). The predicted molar refractivity (Wildman–Crippen MR) is 103 cm³/mol. The molecule has 25 heavy (non-hydrogen) atoms. The summed E-state index contributed by atoms with van der Waals surface area (Å²) in [6, 6.07) is 9.58. The van der Waals surface area contributed by atoms with Crippen LogP contribution in [0.5, 0.6) is 0 Å². The van der Waals surface area contributed by atoms with Gasteiger partial charge in [-0.05, 0) is 37.4 Å². The molecule has 0 heterocycles. The van der Waals surface area contributed by atoms with Gasteiger partial charge in [0.2, 0.25) is 8.32 Å². The Hall–Kier alpha value is -1.67. The molecule has 7 heteroatoms. The lowest BCUT2D eigenvalue weighted by Gasteiger charge is -2.19.